The van der Waals surface area contributed by atoms with Crippen molar-refractivity contribution in [2.45, 2.75) is 12.3 Å². The first-order chi connectivity index (χ1) is 31.7. The van der Waals surface area contributed by atoms with Crippen molar-refractivity contribution < 1.29 is 4.42 Å². The number of para-hydroxylation sites is 2. The predicted octanol–water partition coefficient (Wildman–Crippen LogP) is 16.8. The number of hydrogen-bond acceptors (Lipinski definition) is 2. The van der Waals surface area contributed by atoms with Crippen LogP contribution >= 0.6 is 0 Å². The van der Waals surface area contributed by atoms with Crippen LogP contribution in [-0.4, -0.2) is 0 Å². The molecule has 2 heteroatoms. The van der Waals surface area contributed by atoms with Crippen molar-refractivity contribution >= 4 is 71.3 Å². The van der Waals surface area contributed by atoms with Crippen LogP contribution in [0.1, 0.15) is 27.8 Å². The summed E-state index contributed by atoms with van der Waals surface area (Å²) in [6.45, 7) is 2.25. The molecule has 64 heavy (non-hydrogen) atoms. The Kier molecular flexibility index (Phi) is 7.28. The zero-order valence-electron chi connectivity index (χ0n) is 35.1. The SMILES string of the molecule is Cc1cc(-c2cccc3c2oc2ccccc23)ccc1N(c1ccc2c(c1)C1(c3ccccc3-c3ccccc31)c1ccccc1-2)c1ccc2c3ccccc3c3ccccc3c2c1. The molecule has 0 radical (unpaired) electrons. The molecule has 298 valence electrons. The van der Waals surface area contributed by atoms with E-state index in [4.69, 9.17) is 4.42 Å². The summed E-state index contributed by atoms with van der Waals surface area (Å²) in [5, 5.41) is 9.84. The van der Waals surface area contributed by atoms with E-state index in [1.807, 2.05) is 6.07 Å². The van der Waals surface area contributed by atoms with Crippen LogP contribution in [0.5, 0.6) is 0 Å². The van der Waals surface area contributed by atoms with Crippen molar-refractivity contribution in [2.24, 2.45) is 0 Å². The van der Waals surface area contributed by atoms with Crippen LogP contribution in [0.2, 0.25) is 0 Å². The molecule has 0 fully saturated rings. The van der Waals surface area contributed by atoms with Crippen molar-refractivity contribution in [3.05, 3.63) is 246 Å². The third kappa shape index (κ3) is 4.69. The third-order valence-corrected chi connectivity index (χ3v) is 14.4. The number of aryl methyl sites for hydroxylation is 1. The summed E-state index contributed by atoms with van der Waals surface area (Å²) >= 11 is 0. The fourth-order valence-corrected chi connectivity index (χ4v) is 11.7. The second kappa shape index (κ2) is 13.2. The van der Waals surface area contributed by atoms with Crippen LogP contribution in [0.3, 0.4) is 0 Å². The lowest BCUT2D eigenvalue weighted by Gasteiger charge is -2.32. The molecule has 1 spiro atoms. The molecule has 2 nitrogen and oxygen atoms in total. The molecule has 2 aliphatic carbocycles. The van der Waals surface area contributed by atoms with E-state index in [0.717, 1.165) is 50.1 Å². The molecular formula is C62H39NO. The van der Waals surface area contributed by atoms with Crippen molar-refractivity contribution in [3.8, 4) is 33.4 Å². The maximum atomic E-state index is 6.56. The second-order valence-corrected chi connectivity index (χ2v) is 17.6. The monoisotopic (exact) mass is 813 g/mol. The number of furan rings is 1. The van der Waals surface area contributed by atoms with E-state index in [0.29, 0.717) is 0 Å². The van der Waals surface area contributed by atoms with Gasteiger partial charge in [-0.3, -0.25) is 0 Å². The lowest BCUT2D eigenvalue weighted by atomic mass is 9.70. The summed E-state index contributed by atoms with van der Waals surface area (Å²) in [5.41, 5.74) is 18.7. The van der Waals surface area contributed by atoms with E-state index >= 15 is 0 Å². The van der Waals surface area contributed by atoms with Crippen LogP contribution in [0.25, 0.3) is 87.6 Å². The normalized spacial score (nSPS) is 13.2. The van der Waals surface area contributed by atoms with Gasteiger partial charge < -0.3 is 9.32 Å². The molecule has 0 unspecified atom stereocenters. The zero-order valence-corrected chi connectivity index (χ0v) is 35.1. The molecule has 0 saturated carbocycles. The number of anilines is 3. The molecule has 2 aliphatic rings. The summed E-state index contributed by atoms with van der Waals surface area (Å²) in [7, 11) is 0. The van der Waals surface area contributed by atoms with Crippen LogP contribution in [0, 0.1) is 6.92 Å². The molecule has 1 heterocycles. The Labute approximate surface area is 370 Å². The van der Waals surface area contributed by atoms with Crippen LogP contribution < -0.4 is 4.90 Å². The van der Waals surface area contributed by atoms with Gasteiger partial charge in [0, 0.05) is 33.4 Å². The Morgan fingerprint density at radius 2 is 0.828 bits per heavy atom. The summed E-state index contributed by atoms with van der Waals surface area (Å²) in [6, 6.07) is 80.9. The van der Waals surface area contributed by atoms with Gasteiger partial charge in [0.2, 0.25) is 0 Å². The van der Waals surface area contributed by atoms with Gasteiger partial charge in [-0.05, 0) is 137 Å². The largest absolute Gasteiger partial charge is 0.455 e. The smallest absolute Gasteiger partial charge is 0.143 e. The van der Waals surface area contributed by atoms with Gasteiger partial charge in [0.25, 0.3) is 0 Å². The molecule has 0 amide bonds. The molecule has 0 aliphatic heterocycles. The van der Waals surface area contributed by atoms with Gasteiger partial charge in [-0.15, -0.1) is 0 Å². The number of benzene rings is 11. The lowest BCUT2D eigenvalue weighted by Crippen LogP contribution is -2.26. The Hall–Kier alpha value is -8.20. The molecule has 0 saturated heterocycles. The van der Waals surface area contributed by atoms with Crippen LogP contribution in [0.15, 0.2) is 223 Å². The maximum absolute atomic E-state index is 6.56. The average Bonchev–Trinajstić information content (AvgIpc) is 3.99. The van der Waals surface area contributed by atoms with Gasteiger partial charge in [0.05, 0.1) is 5.41 Å². The van der Waals surface area contributed by atoms with Crippen molar-refractivity contribution in [1.29, 1.82) is 0 Å². The summed E-state index contributed by atoms with van der Waals surface area (Å²) in [6.07, 6.45) is 0. The average molecular weight is 814 g/mol. The molecule has 11 aromatic carbocycles. The fraction of sp³-hybridized carbons (Fsp3) is 0.0323. The quantitative estimate of drug-likeness (QED) is 0.165. The van der Waals surface area contributed by atoms with Crippen LogP contribution in [-0.2, 0) is 5.41 Å². The molecule has 12 aromatic rings. The zero-order chi connectivity index (χ0) is 42.1. The predicted molar refractivity (Wildman–Crippen MR) is 267 cm³/mol. The molecular weight excluding hydrogens is 775 g/mol. The third-order valence-electron chi connectivity index (χ3n) is 14.4. The minimum atomic E-state index is -0.455. The van der Waals surface area contributed by atoms with Gasteiger partial charge in [-0.2, -0.15) is 0 Å². The van der Waals surface area contributed by atoms with Crippen molar-refractivity contribution in [3.63, 3.8) is 0 Å². The summed E-state index contributed by atoms with van der Waals surface area (Å²) in [5.74, 6) is 0. The Morgan fingerprint density at radius 1 is 0.344 bits per heavy atom. The standard InChI is InChI=1S/C62H39NO/c1-38-35-39(42-23-14-24-53-52-22-9-13-28-60(52)64-61(42)53)29-34-59(38)63(40-30-32-47-45-17-3-2-15-43(45)44-16-4-5-18-46(44)54(47)36-40)41-31-33-51-50-21-8-12-27-57(50)62(58(51)37-41)55-25-10-6-19-48(55)49-20-7-11-26-56(49)62/h2-37H,1H3. The maximum Gasteiger partial charge on any atom is 0.143 e. The van der Waals surface area contributed by atoms with E-state index in [9.17, 15) is 0 Å². The van der Waals surface area contributed by atoms with Gasteiger partial charge in [-0.25, -0.2) is 0 Å². The number of nitrogens with zero attached hydrogens (tertiary/aromatic N) is 1. The van der Waals surface area contributed by atoms with E-state index in [1.165, 1.54) is 82.4 Å². The Morgan fingerprint density at radius 3 is 1.47 bits per heavy atom. The molecule has 0 atom stereocenters. The minimum absolute atomic E-state index is 0.455. The molecule has 14 rings (SSSR count). The number of fused-ring (bicyclic) bond motifs is 19. The Balaban J connectivity index is 1.03. The Bertz CT molecular complexity index is 3850. The van der Waals surface area contributed by atoms with E-state index in [2.05, 4.69) is 224 Å². The highest BCUT2D eigenvalue weighted by Crippen LogP contribution is 2.63. The van der Waals surface area contributed by atoms with Gasteiger partial charge >= 0.3 is 0 Å². The van der Waals surface area contributed by atoms with E-state index < -0.39 is 5.41 Å². The van der Waals surface area contributed by atoms with Crippen molar-refractivity contribution in [1.82, 2.24) is 0 Å². The highest BCUT2D eigenvalue weighted by atomic mass is 16.3. The van der Waals surface area contributed by atoms with Gasteiger partial charge in [0.1, 0.15) is 11.2 Å². The number of rotatable bonds is 4. The molecule has 0 N–H and O–H groups in total. The van der Waals surface area contributed by atoms with Crippen LogP contribution in [0.4, 0.5) is 17.1 Å². The first-order valence-corrected chi connectivity index (χ1v) is 22.3. The molecule has 0 bridgehead atoms. The highest BCUT2D eigenvalue weighted by Gasteiger charge is 2.51. The first kappa shape index (κ1) is 35.4. The van der Waals surface area contributed by atoms with Gasteiger partial charge in [-0.1, -0.05) is 176 Å². The lowest BCUT2D eigenvalue weighted by molar-refractivity contribution is 0.670. The summed E-state index contributed by atoms with van der Waals surface area (Å²) < 4.78 is 6.56. The van der Waals surface area contributed by atoms with E-state index in [1.54, 1.807) is 0 Å². The minimum Gasteiger partial charge on any atom is -0.455 e. The molecule has 1 aromatic heterocycles. The number of hydrogen-bond donors (Lipinski definition) is 0. The van der Waals surface area contributed by atoms with E-state index in [-0.39, 0.29) is 0 Å². The van der Waals surface area contributed by atoms with Gasteiger partial charge in [0.15, 0.2) is 0 Å². The first-order valence-electron chi connectivity index (χ1n) is 22.3. The fourth-order valence-electron chi connectivity index (χ4n) is 11.7. The highest BCUT2D eigenvalue weighted by molar-refractivity contribution is 6.26. The topological polar surface area (TPSA) is 16.4 Å². The second-order valence-electron chi connectivity index (χ2n) is 17.6. The summed E-state index contributed by atoms with van der Waals surface area (Å²) in [4.78, 5) is 2.49. The van der Waals surface area contributed by atoms with Crippen molar-refractivity contribution in [2.75, 3.05) is 4.90 Å².